The van der Waals surface area contributed by atoms with Gasteiger partial charge in [-0.2, -0.15) is 0 Å². The summed E-state index contributed by atoms with van der Waals surface area (Å²) < 4.78 is 14.3. The van der Waals surface area contributed by atoms with Crippen molar-refractivity contribution in [1.29, 1.82) is 0 Å². The van der Waals surface area contributed by atoms with Crippen molar-refractivity contribution in [2.45, 2.75) is 4.90 Å². The molecule has 0 aliphatic carbocycles. The van der Waals surface area contributed by atoms with Gasteiger partial charge in [-0.15, -0.1) is 12.6 Å². The first kappa shape index (κ1) is 14.1. The van der Waals surface area contributed by atoms with Gasteiger partial charge < -0.3 is 4.90 Å². The minimum atomic E-state index is -0.434. The van der Waals surface area contributed by atoms with E-state index >= 15 is 0 Å². The number of anilines is 1. The van der Waals surface area contributed by atoms with Crippen molar-refractivity contribution in [3.05, 3.63) is 58.3 Å². The lowest BCUT2D eigenvalue weighted by atomic mass is 10.2. The molecule has 0 bridgehead atoms. The number of amides is 1. The van der Waals surface area contributed by atoms with E-state index in [1.807, 2.05) is 0 Å². The Morgan fingerprint density at radius 2 is 1.95 bits per heavy atom. The van der Waals surface area contributed by atoms with Gasteiger partial charge in [0.15, 0.2) is 0 Å². The Balaban J connectivity index is 2.39. The maximum atomic E-state index is 13.7. The Kier molecular flexibility index (Phi) is 4.27. The van der Waals surface area contributed by atoms with Crippen LogP contribution in [-0.2, 0) is 0 Å². The molecule has 2 aromatic rings. The fraction of sp³-hybridized carbons (Fsp3) is 0.0714. The number of halogens is 2. The van der Waals surface area contributed by atoms with Gasteiger partial charge in [0, 0.05) is 16.4 Å². The number of benzene rings is 2. The summed E-state index contributed by atoms with van der Waals surface area (Å²) in [6, 6.07) is 11.3. The van der Waals surface area contributed by atoms with Crippen LogP contribution in [0.2, 0.25) is 0 Å². The number of carbonyl (C=O) groups is 1. The zero-order chi connectivity index (χ0) is 14.0. The summed E-state index contributed by atoms with van der Waals surface area (Å²) in [5.74, 6) is -0.732. The summed E-state index contributed by atoms with van der Waals surface area (Å²) in [7, 11) is 1.54. The van der Waals surface area contributed by atoms with Gasteiger partial charge in [-0.05, 0) is 46.3 Å². The van der Waals surface area contributed by atoms with E-state index in [1.54, 1.807) is 43.4 Å². The van der Waals surface area contributed by atoms with Crippen LogP contribution in [0, 0.1) is 5.82 Å². The topological polar surface area (TPSA) is 20.3 Å². The van der Waals surface area contributed by atoms with E-state index in [1.165, 1.54) is 11.0 Å². The lowest BCUT2D eigenvalue weighted by molar-refractivity contribution is 0.0991. The number of carbonyl (C=O) groups excluding carboxylic acids is 1. The van der Waals surface area contributed by atoms with Crippen molar-refractivity contribution >= 4 is 40.2 Å². The van der Waals surface area contributed by atoms with Crippen LogP contribution in [0.3, 0.4) is 0 Å². The predicted octanol–water partition coefficient (Wildman–Crippen LogP) is 4.15. The number of para-hydroxylation sites is 1. The van der Waals surface area contributed by atoms with Crippen LogP contribution >= 0.6 is 28.6 Å². The molecule has 0 heterocycles. The zero-order valence-electron chi connectivity index (χ0n) is 10.1. The molecule has 1 amide bonds. The molecule has 98 valence electrons. The third-order valence-electron chi connectivity index (χ3n) is 2.70. The molecule has 0 aliphatic rings. The van der Waals surface area contributed by atoms with E-state index in [0.717, 1.165) is 0 Å². The van der Waals surface area contributed by atoms with Crippen LogP contribution in [0.5, 0.6) is 0 Å². The van der Waals surface area contributed by atoms with Gasteiger partial charge in [-0.25, -0.2) is 4.39 Å². The first-order valence-corrected chi connectivity index (χ1v) is 6.76. The number of nitrogens with zero attached hydrogens (tertiary/aromatic N) is 1. The second kappa shape index (κ2) is 5.75. The fourth-order valence-corrected chi connectivity index (χ4v) is 2.31. The Hall–Kier alpha value is -1.33. The maximum absolute atomic E-state index is 13.7. The van der Waals surface area contributed by atoms with Gasteiger partial charge in [-0.1, -0.05) is 12.1 Å². The zero-order valence-corrected chi connectivity index (χ0v) is 12.6. The molecule has 0 saturated carbocycles. The second-order valence-electron chi connectivity index (χ2n) is 3.98. The summed E-state index contributed by atoms with van der Waals surface area (Å²) in [5, 5.41) is 0. The first-order valence-electron chi connectivity index (χ1n) is 5.52. The van der Waals surface area contributed by atoms with E-state index in [4.69, 9.17) is 0 Å². The third kappa shape index (κ3) is 2.98. The summed E-state index contributed by atoms with van der Waals surface area (Å²) in [5.41, 5.74) is 0.683. The number of hydrogen-bond donors (Lipinski definition) is 1. The summed E-state index contributed by atoms with van der Waals surface area (Å²) in [4.78, 5) is 14.3. The van der Waals surface area contributed by atoms with Crippen LogP contribution in [0.1, 0.15) is 10.4 Å². The maximum Gasteiger partial charge on any atom is 0.259 e. The Labute approximate surface area is 124 Å². The lowest BCUT2D eigenvalue weighted by Crippen LogP contribution is -2.27. The highest BCUT2D eigenvalue weighted by atomic mass is 79.9. The normalized spacial score (nSPS) is 10.3. The highest BCUT2D eigenvalue weighted by molar-refractivity contribution is 9.10. The van der Waals surface area contributed by atoms with Gasteiger partial charge in [0.05, 0.1) is 11.3 Å². The molecule has 0 saturated heterocycles. The average Bonchev–Trinajstić information content (AvgIpc) is 2.40. The summed E-state index contributed by atoms with van der Waals surface area (Å²) in [6.07, 6.45) is 0. The van der Waals surface area contributed by atoms with Crippen molar-refractivity contribution in [3.63, 3.8) is 0 Å². The molecule has 0 unspecified atom stereocenters. The van der Waals surface area contributed by atoms with Gasteiger partial charge in [0.1, 0.15) is 5.82 Å². The molecule has 2 nitrogen and oxygen atoms in total. The fourth-order valence-electron chi connectivity index (χ4n) is 1.69. The van der Waals surface area contributed by atoms with Crippen molar-refractivity contribution < 1.29 is 9.18 Å². The number of rotatable bonds is 2. The largest absolute Gasteiger partial charge is 0.309 e. The third-order valence-corrected chi connectivity index (χ3v) is 3.67. The molecule has 5 heteroatoms. The van der Waals surface area contributed by atoms with E-state index < -0.39 is 5.82 Å². The molecule has 0 aliphatic heterocycles. The summed E-state index contributed by atoms with van der Waals surface area (Å²) >= 11 is 7.52. The minimum absolute atomic E-state index is 0.240. The van der Waals surface area contributed by atoms with E-state index in [2.05, 4.69) is 28.6 Å². The van der Waals surface area contributed by atoms with Crippen LogP contribution in [0.15, 0.2) is 51.8 Å². The van der Waals surface area contributed by atoms with Crippen molar-refractivity contribution in [2.24, 2.45) is 0 Å². The standard InChI is InChI=1S/C14H11BrFNOS/c1-17(13-5-3-2-4-12(13)16)14(18)10-8-9(19)6-7-11(10)15/h2-8,19H,1H3. The molecule has 0 N–H and O–H groups in total. The molecule has 0 radical (unpaired) electrons. The van der Waals surface area contributed by atoms with Gasteiger partial charge in [0.25, 0.3) is 5.91 Å². The molecule has 19 heavy (non-hydrogen) atoms. The Bertz CT molecular complexity index is 633. The lowest BCUT2D eigenvalue weighted by Gasteiger charge is -2.18. The first-order chi connectivity index (χ1) is 9.00. The average molecular weight is 340 g/mol. The monoisotopic (exact) mass is 339 g/mol. The molecule has 2 rings (SSSR count). The van der Waals surface area contributed by atoms with E-state index in [9.17, 15) is 9.18 Å². The van der Waals surface area contributed by atoms with Crippen molar-refractivity contribution in [3.8, 4) is 0 Å². The predicted molar refractivity (Wildman–Crippen MR) is 80.5 cm³/mol. The van der Waals surface area contributed by atoms with Crippen LogP contribution in [0.4, 0.5) is 10.1 Å². The van der Waals surface area contributed by atoms with Gasteiger partial charge in [0.2, 0.25) is 0 Å². The van der Waals surface area contributed by atoms with Crippen LogP contribution in [-0.4, -0.2) is 13.0 Å². The van der Waals surface area contributed by atoms with Gasteiger partial charge >= 0.3 is 0 Å². The summed E-state index contributed by atoms with van der Waals surface area (Å²) in [6.45, 7) is 0. The van der Waals surface area contributed by atoms with Gasteiger partial charge in [-0.3, -0.25) is 4.79 Å². The van der Waals surface area contributed by atoms with Crippen LogP contribution < -0.4 is 4.90 Å². The quantitative estimate of drug-likeness (QED) is 0.815. The Morgan fingerprint density at radius 1 is 1.26 bits per heavy atom. The molecule has 2 aromatic carbocycles. The highest BCUT2D eigenvalue weighted by Crippen LogP contribution is 2.25. The molecule has 0 fully saturated rings. The molecule has 0 spiro atoms. The van der Waals surface area contributed by atoms with Crippen molar-refractivity contribution in [1.82, 2.24) is 0 Å². The smallest absolute Gasteiger partial charge is 0.259 e. The number of hydrogen-bond acceptors (Lipinski definition) is 2. The molecular formula is C14H11BrFNOS. The van der Waals surface area contributed by atoms with E-state index in [-0.39, 0.29) is 11.6 Å². The molecule has 0 atom stereocenters. The van der Waals surface area contributed by atoms with Crippen molar-refractivity contribution in [2.75, 3.05) is 11.9 Å². The SMILES string of the molecule is CN(C(=O)c1cc(S)ccc1Br)c1ccccc1F. The highest BCUT2D eigenvalue weighted by Gasteiger charge is 2.18. The number of thiol groups is 1. The van der Waals surface area contributed by atoms with E-state index in [0.29, 0.717) is 14.9 Å². The molecular weight excluding hydrogens is 329 g/mol. The second-order valence-corrected chi connectivity index (χ2v) is 5.35. The molecule has 0 aromatic heterocycles. The van der Waals surface area contributed by atoms with Crippen LogP contribution in [0.25, 0.3) is 0 Å². The minimum Gasteiger partial charge on any atom is -0.309 e. The Morgan fingerprint density at radius 3 is 2.63 bits per heavy atom.